The van der Waals surface area contributed by atoms with E-state index in [1.54, 1.807) is 42.5 Å². The number of amides is 1. The predicted molar refractivity (Wildman–Crippen MR) is 105 cm³/mol. The highest BCUT2D eigenvalue weighted by molar-refractivity contribution is 8.27. The second kappa shape index (κ2) is 7.39. The van der Waals surface area contributed by atoms with Crippen molar-refractivity contribution in [1.29, 1.82) is 0 Å². The molecule has 1 aliphatic rings. The monoisotopic (exact) mass is 389 g/mol. The molecule has 1 heterocycles. The lowest BCUT2D eigenvalue weighted by Gasteiger charge is -2.14. The maximum absolute atomic E-state index is 12.7. The molecule has 1 N–H and O–H groups in total. The van der Waals surface area contributed by atoms with E-state index in [1.807, 2.05) is 12.1 Å². The maximum atomic E-state index is 12.7. The summed E-state index contributed by atoms with van der Waals surface area (Å²) in [5.74, 6) is -1.11. The Labute approximate surface area is 159 Å². The van der Waals surface area contributed by atoms with Crippen molar-refractivity contribution < 1.29 is 14.7 Å². The SMILES string of the molecule is O=C(O)Cc1ccc(N2C(=O)/C(=C/c3cccc(Cl)c3)SC2=S)cc1. The van der Waals surface area contributed by atoms with Crippen LogP contribution >= 0.6 is 35.6 Å². The van der Waals surface area contributed by atoms with Crippen LogP contribution in [0.4, 0.5) is 5.69 Å². The highest BCUT2D eigenvalue weighted by Crippen LogP contribution is 2.36. The Bertz CT molecular complexity index is 893. The Morgan fingerprint density at radius 2 is 1.96 bits per heavy atom. The third-order valence-electron chi connectivity index (χ3n) is 3.49. The van der Waals surface area contributed by atoms with Gasteiger partial charge in [-0.3, -0.25) is 14.5 Å². The lowest BCUT2D eigenvalue weighted by atomic mass is 10.1. The Hall–Kier alpha value is -2.15. The summed E-state index contributed by atoms with van der Waals surface area (Å²) in [5, 5.41) is 9.42. The first kappa shape index (κ1) is 17.7. The molecule has 0 unspecified atom stereocenters. The van der Waals surface area contributed by atoms with E-state index in [-0.39, 0.29) is 12.3 Å². The van der Waals surface area contributed by atoms with E-state index in [9.17, 15) is 9.59 Å². The van der Waals surface area contributed by atoms with Gasteiger partial charge in [-0.25, -0.2) is 0 Å². The first-order valence-corrected chi connectivity index (χ1v) is 8.88. The topological polar surface area (TPSA) is 57.6 Å². The summed E-state index contributed by atoms with van der Waals surface area (Å²) >= 11 is 12.5. The number of hydrogen-bond acceptors (Lipinski definition) is 4. The zero-order chi connectivity index (χ0) is 18.0. The predicted octanol–water partition coefficient (Wildman–Crippen LogP) is 4.37. The molecule has 0 saturated carbocycles. The number of benzene rings is 2. The largest absolute Gasteiger partial charge is 0.481 e. The molecule has 0 aliphatic carbocycles. The van der Waals surface area contributed by atoms with E-state index >= 15 is 0 Å². The van der Waals surface area contributed by atoms with Crippen LogP contribution in [0.15, 0.2) is 53.4 Å². The molecule has 25 heavy (non-hydrogen) atoms. The van der Waals surface area contributed by atoms with Gasteiger partial charge in [0.2, 0.25) is 0 Å². The van der Waals surface area contributed by atoms with Gasteiger partial charge in [0.1, 0.15) is 0 Å². The van der Waals surface area contributed by atoms with E-state index < -0.39 is 5.97 Å². The molecule has 4 nitrogen and oxygen atoms in total. The van der Waals surface area contributed by atoms with Gasteiger partial charge in [-0.05, 0) is 41.5 Å². The van der Waals surface area contributed by atoms with E-state index in [4.69, 9.17) is 28.9 Å². The van der Waals surface area contributed by atoms with Crippen molar-refractivity contribution in [2.45, 2.75) is 6.42 Å². The van der Waals surface area contributed by atoms with Gasteiger partial charge in [0.05, 0.1) is 17.0 Å². The molecule has 1 fully saturated rings. The number of thioether (sulfide) groups is 1. The van der Waals surface area contributed by atoms with Crippen LogP contribution in [0.2, 0.25) is 5.02 Å². The van der Waals surface area contributed by atoms with Crippen molar-refractivity contribution in [2.75, 3.05) is 4.90 Å². The number of hydrogen-bond donors (Lipinski definition) is 1. The molecule has 2 aromatic rings. The first-order chi connectivity index (χ1) is 11.9. The number of nitrogens with zero attached hydrogens (tertiary/aromatic N) is 1. The van der Waals surface area contributed by atoms with Crippen LogP contribution in [-0.2, 0) is 16.0 Å². The summed E-state index contributed by atoms with van der Waals surface area (Å²) in [6, 6.07) is 14.0. The molecular weight excluding hydrogens is 378 g/mol. The number of carboxylic acids is 1. The zero-order valence-electron chi connectivity index (χ0n) is 12.8. The van der Waals surface area contributed by atoms with Crippen molar-refractivity contribution in [3.05, 3.63) is 69.6 Å². The number of carbonyl (C=O) groups excluding carboxylic acids is 1. The highest BCUT2D eigenvalue weighted by atomic mass is 35.5. The van der Waals surface area contributed by atoms with E-state index in [1.165, 1.54) is 16.7 Å². The Kier molecular flexibility index (Phi) is 5.22. The summed E-state index contributed by atoms with van der Waals surface area (Å²) < 4.78 is 0.435. The normalized spacial score (nSPS) is 15.9. The Balaban J connectivity index is 1.85. The van der Waals surface area contributed by atoms with Crippen molar-refractivity contribution in [1.82, 2.24) is 0 Å². The van der Waals surface area contributed by atoms with Crippen LogP contribution in [0.3, 0.4) is 0 Å². The van der Waals surface area contributed by atoms with Crippen molar-refractivity contribution >= 4 is 63.5 Å². The zero-order valence-corrected chi connectivity index (χ0v) is 15.2. The standard InChI is InChI=1S/C18H12ClNO3S2/c19-13-3-1-2-12(8-13)9-15-17(23)20(18(24)25-15)14-6-4-11(5-7-14)10-16(21)22/h1-9H,10H2,(H,21,22)/b15-9-. The number of carbonyl (C=O) groups is 2. The quantitative estimate of drug-likeness (QED) is 0.621. The molecule has 1 saturated heterocycles. The lowest BCUT2D eigenvalue weighted by molar-refractivity contribution is -0.136. The van der Waals surface area contributed by atoms with E-state index in [0.29, 0.717) is 25.5 Å². The minimum atomic E-state index is -0.900. The smallest absolute Gasteiger partial charge is 0.307 e. The second-order valence-electron chi connectivity index (χ2n) is 5.31. The summed E-state index contributed by atoms with van der Waals surface area (Å²) in [5.41, 5.74) is 2.10. The highest BCUT2D eigenvalue weighted by Gasteiger charge is 2.33. The van der Waals surface area contributed by atoms with Crippen molar-refractivity contribution in [2.24, 2.45) is 0 Å². The summed E-state index contributed by atoms with van der Waals surface area (Å²) in [6.07, 6.45) is 1.69. The van der Waals surface area contributed by atoms with Crippen LogP contribution in [0.1, 0.15) is 11.1 Å². The number of rotatable bonds is 4. The average Bonchev–Trinajstić information content (AvgIpc) is 2.82. The molecule has 0 atom stereocenters. The molecule has 0 spiro atoms. The van der Waals surface area contributed by atoms with Crippen LogP contribution in [-0.4, -0.2) is 21.3 Å². The maximum Gasteiger partial charge on any atom is 0.307 e. The molecule has 2 aromatic carbocycles. The minimum absolute atomic E-state index is 0.0622. The third kappa shape index (κ3) is 4.10. The second-order valence-corrected chi connectivity index (χ2v) is 7.42. The molecular formula is C18H12ClNO3S2. The van der Waals surface area contributed by atoms with Gasteiger partial charge < -0.3 is 5.11 Å². The van der Waals surface area contributed by atoms with Crippen LogP contribution in [0.5, 0.6) is 0 Å². The first-order valence-electron chi connectivity index (χ1n) is 7.28. The fourth-order valence-corrected chi connectivity index (χ4v) is 3.87. The number of aliphatic carboxylic acids is 1. The van der Waals surface area contributed by atoms with Gasteiger partial charge >= 0.3 is 5.97 Å². The van der Waals surface area contributed by atoms with Crippen molar-refractivity contribution in [3.8, 4) is 0 Å². The Morgan fingerprint density at radius 3 is 2.60 bits per heavy atom. The number of carboxylic acid groups (broad SMARTS) is 1. The van der Waals surface area contributed by atoms with Crippen LogP contribution in [0.25, 0.3) is 6.08 Å². The summed E-state index contributed by atoms with van der Waals surface area (Å²) in [6.45, 7) is 0. The fraction of sp³-hybridized carbons (Fsp3) is 0.0556. The Morgan fingerprint density at radius 1 is 1.24 bits per heavy atom. The van der Waals surface area contributed by atoms with Gasteiger partial charge in [0.25, 0.3) is 5.91 Å². The van der Waals surface area contributed by atoms with Gasteiger partial charge in [0, 0.05) is 5.02 Å². The number of thiocarbonyl (C=S) groups is 1. The van der Waals surface area contributed by atoms with Gasteiger partial charge in [0.15, 0.2) is 4.32 Å². The van der Waals surface area contributed by atoms with Gasteiger partial charge in [-0.15, -0.1) is 0 Å². The van der Waals surface area contributed by atoms with Gasteiger partial charge in [-0.2, -0.15) is 0 Å². The van der Waals surface area contributed by atoms with Gasteiger partial charge in [-0.1, -0.05) is 59.8 Å². The number of halogens is 1. The van der Waals surface area contributed by atoms with Crippen LogP contribution < -0.4 is 4.90 Å². The lowest BCUT2D eigenvalue weighted by Crippen LogP contribution is -2.27. The third-order valence-corrected chi connectivity index (χ3v) is 5.03. The van der Waals surface area contributed by atoms with Crippen LogP contribution in [0, 0.1) is 0 Å². The molecule has 0 aromatic heterocycles. The molecule has 0 bridgehead atoms. The van der Waals surface area contributed by atoms with E-state index in [2.05, 4.69) is 0 Å². The molecule has 126 valence electrons. The average molecular weight is 390 g/mol. The van der Waals surface area contributed by atoms with Crippen molar-refractivity contribution in [3.63, 3.8) is 0 Å². The summed E-state index contributed by atoms with van der Waals surface area (Å²) in [7, 11) is 0. The fourth-order valence-electron chi connectivity index (χ4n) is 2.38. The number of anilines is 1. The minimum Gasteiger partial charge on any atom is -0.481 e. The molecule has 0 radical (unpaired) electrons. The molecule has 1 aliphatic heterocycles. The molecule has 1 amide bonds. The molecule has 7 heteroatoms. The summed E-state index contributed by atoms with van der Waals surface area (Å²) in [4.78, 5) is 25.4. The van der Waals surface area contributed by atoms with E-state index in [0.717, 1.165) is 5.56 Å². The molecule has 3 rings (SSSR count).